The Hall–Kier alpha value is -0.0400. The van der Waals surface area contributed by atoms with E-state index in [1.54, 1.807) is 0 Å². The van der Waals surface area contributed by atoms with E-state index in [0.717, 1.165) is 25.5 Å². The second-order valence-corrected chi connectivity index (χ2v) is 5.94. The Morgan fingerprint density at radius 2 is 1.95 bits per heavy atom. The summed E-state index contributed by atoms with van der Waals surface area (Å²) >= 11 is 0. The molecule has 0 aromatic carbocycles. The van der Waals surface area contributed by atoms with Crippen molar-refractivity contribution < 1.29 is 4.74 Å². The fourth-order valence-corrected chi connectivity index (χ4v) is 2.75. The minimum Gasteiger partial charge on any atom is -0.373 e. The number of nitrogens with zero attached hydrogens (tertiary/aromatic N) is 1. The van der Waals surface area contributed by atoms with Crippen molar-refractivity contribution in [2.75, 3.05) is 20.2 Å². The zero-order valence-electron chi connectivity index (χ0n) is 12.9. The molecular weight excluding hydrogens is 365 g/mol. The lowest BCUT2D eigenvalue weighted by Gasteiger charge is -2.37. The predicted molar refractivity (Wildman–Crippen MR) is 95.0 cm³/mol. The molecule has 0 aromatic heterocycles. The van der Waals surface area contributed by atoms with Crippen molar-refractivity contribution in [1.82, 2.24) is 10.6 Å². The summed E-state index contributed by atoms with van der Waals surface area (Å²) in [6.45, 7) is 3.94. The summed E-state index contributed by atoms with van der Waals surface area (Å²) in [4.78, 5) is 4.30. The van der Waals surface area contributed by atoms with Crippen molar-refractivity contribution in [2.24, 2.45) is 4.99 Å². The van der Waals surface area contributed by atoms with E-state index >= 15 is 0 Å². The van der Waals surface area contributed by atoms with Crippen LogP contribution in [0, 0.1) is 0 Å². The van der Waals surface area contributed by atoms with Crippen LogP contribution < -0.4 is 10.6 Å². The van der Waals surface area contributed by atoms with Crippen LogP contribution in [0.2, 0.25) is 0 Å². The second kappa shape index (κ2) is 9.07. The summed E-state index contributed by atoms with van der Waals surface area (Å²) in [5, 5.41) is 6.91. The third-order valence-electron chi connectivity index (χ3n) is 4.10. The summed E-state index contributed by atoms with van der Waals surface area (Å²) in [6, 6.07) is 0.644. The Bertz CT molecular complexity index is 299. The minimum atomic E-state index is 0. The van der Waals surface area contributed by atoms with Gasteiger partial charge in [-0.15, -0.1) is 24.0 Å². The maximum atomic E-state index is 6.19. The monoisotopic (exact) mass is 395 g/mol. The van der Waals surface area contributed by atoms with Crippen molar-refractivity contribution in [2.45, 2.75) is 69.9 Å². The van der Waals surface area contributed by atoms with Crippen LogP contribution in [0.3, 0.4) is 0 Å². The summed E-state index contributed by atoms with van der Waals surface area (Å²) in [6.07, 6.45) is 9.94. The van der Waals surface area contributed by atoms with E-state index < -0.39 is 0 Å². The van der Waals surface area contributed by atoms with E-state index in [1.165, 1.54) is 44.9 Å². The zero-order chi connectivity index (χ0) is 13.6. The Morgan fingerprint density at radius 1 is 1.25 bits per heavy atom. The molecule has 5 heteroatoms. The van der Waals surface area contributed by atoms with Gasteiger partial charge in [-0.2, -0.15) is 0 Å². The molecule has 0 bridgehead atoms. The van der Waals surface area contributed by atoms with Gasteiger partial charge in [-0.25, -0.2) is 0 Å². The van der Waals surface area contributed by atoms with Crippen LogP contribution in [0.1, 0.15) is 58.3 Å². The highest BCUT2D eigenvalue weighted by Crippen LogP contribution is 2.31. The van der Waals surface area contributed by atoms with Gasteiger partial charge in [-0.1, -0.05) is 26.2 Å². The molecular formula is C15H30IN3O. The van der Waals surface area contributed by atoms with Gasteiger partial charge < -0.3 is 15.4 Å². The molecule has 0 unspecified atom stereocenters. The molecule has 0 heterocycles. The number of hydrogen-bond donors (Lipinski definition) is 2. The van der Waals surface area contributed by atoms with E-state index in [1.807, 2.05) is 7.05 Å². The Kier molecular flexibility index (Phi) is 8.17. The van der Waals surface area contributed by atoms with Crippen molar-refractivity contribution >= 4 is 29.9 Å². The van der Waals surface area contributed by atoms with Gasteiger partial charge in [-0.3, -0.25) is 4.99 Å². The van der Waals surface area contributed by atoms with Crippen molar-refractivity contribution in [3.8, 4) is 0 Å². The van der Waals surface area contributed by atoms with Crippen molar-refractivity contribution in [1.29, 1.82) is 0 Å². The largest absolute Gasteiger partial charge is 0.373 e. The Labute approximate surface area is 140 Å². The first kappa shape index (κ1) is 18.0. The van der Waals surface area contributed by atoms with Crippen LogP contribution in [-0.4, -0.2) is 37.8 Å². The number of rotatable bonds is 6. The average molecular weight is 395 g/mol. The molecule has 0 atom stereocenters. The van der Waals surface area contributed by atoms with E-state index in [4.69, 9.17) is 4.74 Å². The predicted octanol–water partition coefficient (Wildman–Crippen LogP) is 3.06. The van der Waals surface area contributed by atoms with Crippen LogP contribution in [0.25, 0.3) is 0 Å². The van der Waals surface area contributed by atoms with Crippen molar-refractivity contribution in [3.05, 3.63) is 0 Å². The highest BCUT2D eigenvalue weighted by Gasteiger charge is 2.33. The SMILES string of the molecule is CCCOC1(CNC(=NC)NC2CC2)CCCCC1.I. The normalized spacial score (nSPS) is 22.0. The molecule has 20 heavy (non-hydrogen) atoms. The molecule has 2 saturated carbocycles. The lowest BCUT2D eigenvalue weighted by molar-refractivity contribution is -0.0657. The highest BCUT2D eigenvalue weighted by molar-refractivity contribution is 14.0. The molecule has 0 aromatic rings. The van der Waals surface area contributed by atoms with Gasteiger partial charge in [0.05, 0.1) is 5.60 Å². The molecule has 0 amide bonds. The van der Waals surface area contributed by atoms with Crippen LogP contribution >= 0.6 is 24.0 Å². The average Bonchev–Trinajstić information content (AvgIpc) is 3.26. The Morgan fingerprint density at radius 3 is 2.50 bits per heavy atom. The van der Waals surface area contributed by atoms with Gasteiger partial charge in [0.15, 0.2) is 5.96 Å². The maximum Gasteiger partial charge on any atom is 0.191 e. The smallest absolute Gasteiger partial charge is 0.191 e. The first-order valence-corrected chi connectivity index (χ1v) is 7.89. The molecule has 2 aliphatic carbocycles. The molecule has 0 saturated heterocycles. The zero-order valence-corrected chi connectivity index (χ0v) is 15.2. The lowest BCUT2D eigenvalue weighted by atomic mass is 9.84. The number of halogens is 1. The van der Waals surface area contributed by atoms with Gasteiger partial charge >= 0.3 is 0 Å². The minimum absolute atomic E-state index is 0. The number of nitrogens with one attached hydrogen (secondary N) is 2. The summed E-state index contributed by atoms with van der Waals surface area (Å²) in [5.41, 5.74) is 0.0371. The van der Waals surface area contributed by atoms with Crippen LogP contribution in [0.4, 0.5) is 0 Å². The van der Waals surface area contributed by atoms with Crippen LogP contribution in [0.5, 0.6) is 0 Å². The van der Waals surface area contributed by atoms with Crippen molar-refractivity contribution in [3.63, 3.8) is 0 Å². The molecule has 0 radical (unpaired) electrons. The maximum absolute atomic E-state index is 6.19. The van der Waals surface area contributed by atoms with Gasteiger partial charge in [-0.05, 0) is 32.1 Å². The van der Waals surface area contributed by atoms with Gasteiger partial charge in [0.1, 0.15) is 0 Å². The molecule has 4 nitrogen and oxygen atoms in total. The second-order valence-electron chi connectivity index (χ2n) is 5.94. The summed E-state index contributed by atoms with van der Waals surface area (Å²) in [7, 11) is 1.85. The van der Waals surface area contributed by atoms with Gasteiger partial charge in [0.25, 0.3) is 0 Å². The number of ether oxygens (including phenoxy) is 1. The Balaban J connectivity index is 0.00000200. The van der Waals surface area contributed by atoms with Gasteiger partial charge in [0.2, 0.25) is 0 Å². The lowest BCUT2D eigenvalue weighted by Crippen LogP contribution is -2.50. The first-order valence-electron chi connectivity index (χ1n) is 7.89. The first-order chi connectivity index (χ1) is 9.28. The van der Waals surface area contributed by atoms with E-state index in [2.05, 4.69) is 22.5 Å². The molecule has 0 aliphatic heterocycles. The van der Waals surface area contributed by atoms with E-state index in [0.29, 0.717) is 6.04 Å². The molecule has 0 spiro atoms. The highest BCUT2D eigenvalue weighted by atomic mass is 127. The molecule has 118 valence electrons. The molecule has 2 fully saturated rings. The summed E-state index contributed by atoms with van der Waals surface area (Å²) < 4.78 is 6.19. The van der Waals surface area contributed by atoms with Crippen LogP contribution in [-0.2, 0) is 4.74 Å². The quantitative estimate of drug-likeness (QED) is 0.413. The number of guanidine groups is 1. The molecule has 2 aliphatic rings. The standard InChI is InChI=1S/C15H29N3O.HI/c1-3-11-19-15(9-5-4-6-10-15)12-17-14(16-2)18-13-7-8-13;/h13H,3-12H2,1-2H3,(H2,16,17,18);1H. The van der Waals surface area contributed by atoms with Crippen LogP contribution in [0.15, 0.2) is 4.99 Å². The fraction of sp³-hybridized carbons (Fsp3) is 0.933. The molecule has 2 rings (SSSR count). The third-order valence-corrected chi connectivity index (χ3v) is 4.10. The summed E-state index contributed by atoms with van der Waals surface area (Å²) in [5.74, 6) is 0.938. The number of hydrogen-bond acceptors (Lipinski definition) is 2. The van der Waals surface area contributed by atoms with E-state index in [-0.39, 0.29) is 29.6 Å². The number of aliphatic imine (C=N–C) groups is 1. The fourth-order valence-electron chi connectivity index (χ4n) is 2.75. The van der Waals surface area contributed by atoms with Gasteiger partial charge in [0, 0.05) is 26.2 Å². The topological polar surface area (TPSA) is 45.6 Å². The van der Waals surface area contributed by atoms with E-state index in [9.17, 15) is 0 Å². The third kappa shape index (κ3) is 5.76. The molecule has 2 N–H and O–H groups in total.